The van der Waals surface area contributed by atoms with E-state index in [0.29, 0.717) is 11.4 Å². The standard InChI is InChI=1S/C16H19NO2.C6H6BrNO2/c1-16(2,3)12-7-5-11(6-8-12)13-9-10-14(17-13)15(18)19-4;1-10-6(9)4-2-3-5(7)8-4/h5-10,17H,1-4H3;2-3,8H,1H3. The molecule has 154 valence electrons. The Morgan fingerprint density at radius 2 is 1.31 bits per heavy atom. The molecule has 6 nitrogen and oxygen atoms in total. The number of hydrogen-bond donors (Lipinski definition) is 2. The average molecular weight is 461 g/mol. The van der Waals surface area contributed by atoms with E-state index in [1.54, 1.807) is 18.2 Å². The molecule has 0 saturated heterocycles. The van der Waals surface area contributed by atoms with Crippen molar-refractivity contribution in [3.8, 4) is 11.3 Å². The van der Waals surface area contributed by atoms with Gasteiger partial charge in [-0.15, -0.1) is 0 Å². The van der Waals surface area contributed by atoms with Crippen molar-refractivity contribution in [1.82, 2.24) is 9.97 Å². The van der Waals surface area contributed by atoms with Crippen molar-refractivity contribution in [1.29, 1.82) is 0 Å². The first-order valence-electron chi connectivity index (χ1n) is 8.96. The average Bonchev–Trinajstić information content (AvgIpc) is 3.36. The van der Waals surface area contributed by atoms with Crippen LogP contribution in [0.4, 0.5) is 0 Å². The van der Waals surface area contributed by atoms with Crippen molar-refractivity contribution in [2.75, 3.05) is 14.2 Å². The lowest BCUT2D eigenvalue weighted by Gasteiger charge is -2.19. The number of hydrogen-bond acceptors (Lipinski definition) is 4. The smallest absolute Gasteiger partial charge is 0.354 e. The summed E-state index contributed by atoms with van der Waals surface area (Å²) in [7, 11) is 2.72. The van der Waals surface area contributed by atoms with Gasteiger partial charge >= 0.3 is 11.9 Å². The number of H-pyrrole nitrogens is 2. The number of aromatic nitrogens is 2. The van der Waals surface area contributed by atoms with Gasteiger partial charge in [0, 0.05) is 5.69 Å². The zero-order valence-electron chi connectivity index (χ0n) is 17.1. The monoisotopic (exact) mass is 460 g/mol. The van der Waals surface area contributed by atoms with E-state index in [-0.39, 0.29) is 17.4 Å². The van der Waals surface area contributed by atoms with Crippen molar-refractivity contribution < 1.29 is 19.1 Å². The van der Waals surface area contributed by atoms with Crippen molar-refractivity contribution in [2.45, 2.75) is 26.2 Å². The molecule has 1 aromatic carbocycles. The van der Waals surface area contributed by atoms with Gasteiger partial charge in [-0.3, -0.25) is 0 Å². The molecular formula is C22H25BrN2O4. The summed E-state index contributed by atoms with van der Waals surface area (Å²) in [6.45, 7) is 6.56. The third kappa shape index (κ3) is 6.09. The molecule has 0 aliphatic rings. The number of aromatic amines is 2. The Bertz CT molecular complexity index is 965. The molecule has 2 aromatic heterocycles. The first-order valence-corrected chi connectivity index (χ1v) is 9.76. The number of methoxy groups -OCH3 is 2. The second-order valence-electron chi connectivity index (χ2n) is 7.32. The van der Waals surface area contributed by atoms with Crippen molar-refractivity contribution in [3.05, 3.63) is 70.1 Å². The summed E-state index contributed by atoms with van der Waals surface area (Å²) in [6, 6.07) is 15.4. The van der Waals surface area contributed by atoms with Crippen molar-refractivity contribution >= 4 is 27.9 Å². The van der Waals surface area contributed by atoms with Gasteiger partial charge in [0.25, 0.3) is 0 Å². The van der Waals surface area contributed by atoms with Gasteiger partial charge in [0.1, 0.15) is 11.4 Å². The minimum absolute atomic E-state index is 0.144. The maximum Gasteiger partial charge on any atom is 0.354 e. The van der Waals surface area contributed by atoms with E-state index in [1.165, 1.54) is 19.8 Å². The summed E-state index contributed by atoms with van der Waals surface area (Å²) in [5.41, 5.74) is 4.33. The highest BCUT2D eigenvalue weighted by atomic mass is 79.9. The molecule has 2 heterocycles. The number of halogens is 1. The third-order valence-corrected chi connectivity index (χ3v) is 4.67. The summed E-state index contributed by atoms with van der Waals surface area (Å²) in [4.78, 5) is 28.0. The van der Waals surface area contributed by atoms with E-state index in [2.05, 4.69) is 80.4 Å². The van der Waals surface area contributed by atoms with E-state index in [1.807, 2.05) is 6.07 Å². The van der Waals surface area contributed by atoms with Crippen LogP contribution in [0.2, 0.25) is 0 Å². The summed E-state index contributed by atoms with van der Waals surface area (Å²) in [5, 5.41) is 0. The van der Waals surface area contributed by atoms with Crippen LogP contribution in [0.15, 0.2) is 53.1 Å². The van der Waals surface area contributed by atoms with E-state index in [4.69, 9.17) is 0 Å². The molecule has 3 rings (SSSR count). The number of nitrogens with one attached hydrogen (secondary N) is 2. The molecule has 0 amide bonds. The number of carbonyl (C=O) groups is 2. The predicted molar refractivity (Wildman–Crippen MR) is 116 cm³/mol. The van der Waals surface area contributed by atoms with Crippen LogP contribution in [0, 0.1) is 0 Å². The predicted octanol–water partition coefficient (Wildman–Crippen LogP) is 5.33. The highest BCUT2D eigenvalue weighted by Crippen LogP contribution is 2.25. The lowest BCUT2D eigenvalue weighted by Crippen LogP contribution is -2.10. The van der Waals surface area contributed by atoms with E-state index in [9.17, 15) is 9.59 Å². The van der Waals surface area contributed by atoms with Crippen LogP contribution >= 0.6 is 15.9 Å². The molecule has 7 heteroatoms. The first-order chi connectivity index (χ1) is 13.7. The third-order valence-electron chi connectivity index (χ3n) is 4.21. The molecule has 0 unspecified atom stereocenters. The number of esters is 2. The van der Waals surface area contributed by atoms with E-state index >= 15 is 0 Å². The first kappa shape index (κ1) is 22.5. The SMILES string of the molecule is COC(=O)c1ccc(-c2ccc(C(C)(C)C)cc2)[nH]1.COC(=O)c1ccc(Br)[nH]1. The fourth-order valence-electron chi connectivity index (χ4n) is 2.54. The zero-order chi connectivity index (χ0) is 21.6. The second-order valence-corrected chi connectivity index (χ2v) is 8.17. The molecule has 2 N–H and O–H groups in total. The maximum atomic E-state index is 11.4. The molecule has 0 aliphatic heterocycles. The minimum Gasteiger partial charge on any atom is -0.464 e. The highest BCUT2D eigenvalue weighted by molar-refractivity contribution is 9.10. The molecule has 0 bridgehead atoms. The van der Waals surface area contributed by atoms with Gasteiger partial charge in [-0.05, 0) is 56.7 Å². The zero-order valence-corrected chi connectivity index (χ0v) is 18.7. The normalized spacial score (nSPS) is 10.7. The molecule has 29 heavy (non-hydrogen) atoms. The Kier molecular flexibility index (Phi) is 7.45. The molecule has 0 fully saturated rings. The molecular weight excluding hydrogens is 436 g/mol. The van der Waals surface area contributed by atoms with Crippen LogP contribution in [0.25, 0.3) is 11.3 Å². The quantitative estimate of drug-likeness (QED) is 0.517. The van der Waals surface area contributed by atoms with Gasteiger partial charge in [0.2, 0.25) is 0 Å². The van der Waals surface area contributed by atoms with Gasteiger partial charge in [0.05, 0.1) is 18.8 Å². The maximum absolute atomic E-state index is 11.4. The molecule has 3 aromatic rings. The molecule has 0 saturated carbocycles. The highest BCUT2D eigenvalue weighted by Gasteiger charge is 2.14. The number of benzene rings is 1. The van der Waals surface area contributed by atoms with Crippen LogP contribution in [0.3, 0.4) is 0 Å². The van der Waals surface area contributed by atoms with Gasteiger partial charge < -0.3 is 19.4 Å². The lowest BCUT2D eigenvalue weighted by molar-refractivity contribution is 0.0586. The summed E-state index contributed by atoms with van der Waals surface area (Å²) in [6.07, 6.45) is 0. The van der Waals surface area contributed by atoms with E-state index in [0.717, 1.165) is 15.9 Å². The van der Waals surface area contributed by atoms with Crippen LogP contribution in [0.5, 0.6) is 0 Å². The van der Waals surface area contributed by atoms with Crippen LogP contribution in [0.1, 0.15) is 47.3 Å². The number of rotatable bonds is 3. The topological polar surface area (TPSA) is 84.2 Å². The Labute approximate surface area is 178 Å². The summed E-state index contributed by atoms with van der Waals surface area (Å²) < 4.78 is 9.91. The molecule has 0 spiro atoms. The Balaban J connectivity index is 0.000000253. The fraction of sp³-hybridized carbons (Fsp3) is 0.273. The van der Waals surface area contributed by atoms with Crippen LogP contribution in [-0.2, 0) is 14.9 Å². The largest absolute Gasteiger partial charge is 0.464 e. The Morgan fingerprint density at radius 3 is 1.76 bits per heavy atom. The van der Waals surface area contributed by atoms with Crippen LogP contribution in [-0.4, -0.2) is 36.1 Å². The summed E-state index contributed by atoms with van der Waals surface area (Å²) >= 11 is 3.17. The van der Waals surface area contributed by atoms with Gasteiger partial charge in [0.15, 0.2) is 0 Å². The number of carbonyl (C=O) groups excluding carboxylic acids is 2. The fourth-order valence-corrected chi connectivity index (χ4v) is 2.89. The number of ether oxygens (including phenoxy) is 2. The summed E-state index contributed by atoms with van der Waals surface area (Å²) in [5.74, 6) is -0.705. The van der Waals surface area contributed by atoms with Gasteiger partial charge in [-0.25, -0.2) is 9.59 Å². The van der Waals surface area contributed by atoms with E-state index < -0.39 is 0 Å². The second kappa shape index (κ2) is 9.60. The molecule has 0 atom stereocenters. The van der Waals surface area contributed by atoms with Crippen molar-refractivity contribution in [2.24, 2.45) is 0 Å². The molecule has 0 radical (unpaired) electrons. The van der Waals surface area contributed by atoms with Crippen molar-refractivity contribution in [3.63, 3.8) is 0 Å². The Morgan fingerprint density at radius 1 is 0.793 bits per heavy atom. The van der Waals surface area contributed by atoms with Gasteiger partial charge in [-0.2, -0.15) is 0 Å². The lowest BCUT2D eigenvalue weighted by atomic mass is 9.86. The van der Waals surface area contributed by atoms with Crippen LogP contribution < -0.4 is 0 Å². The minimum atomic E-state index is -0.356. The van der Waals surface area contributed by atoms with Gasteiger partial charge in [-0.1, -0.05) is 45.0 Å². The Hall–Kier alpha value is -2.80. The molecule has 0 aliphatic carbocycles.